The highest BCUT2D eigenvalue weighted by atomic mass is 19.1. The summed E-state index contributed by atoms with van der Waals surface area (Å²) in [5.41, 5.74) is 2.24. The van der Waals surface area contributed by atoms with Crippen molar-refractivity contribution in [2.45, 2.75) is 19.6 Å². The fourth-order valence-corrected chi connectivity index (χ4v) is 3.28. The molecule has 0 bridgehead atoms. The van der Waals surface area contributed by atoms with Gasteiger partial charge in [0.25, 0.3) is 5.91 Å². The standard InChI is InChI=1S/C25H28FN3O3/c1-4-31-24-15-20(8-9-23(24)32-17-18-10-12-27-13-11-18)25(30)28-16-22(29(2)3)19-6-5-7-21(26)14-19/h5-15,22H,4,16-17H2,1-3H3,(H,28,30). The van der Waals surface area contributed by atoms with E-state index in [-0.39, 0.29) is 17.8 Å². The number of nitrogens with zero attached hydrogens (tertiary/aromatic N) is 2. The van der Waals surface area contributed by atoms with Crippen molar-refractivity contribution in [3.05, 3.63) is 89.5 Å². The molecule has 0 spiro atoms. The number of carbonyl (C=O) groups excluding carboxylic acids is 1. The molecule has 1 heterocycles. The number of ether oxygens (including phenoxy) is 2. The number of carbonyl (C=O) groups is 1. The third-order valence-electron chi connectivity index (χ3n) is 4.96. The Balaban J connectivity index is 1.69. The van der Waals surface area contributed by atoms with Gasteiger partial charge in [0.15, 0.2) is 11.5 Å². The van der Waals surface area contributed by atoms with Gasteiger partial charge in [-0.05, 0) is 74.6 Å². The molecule has 32 heavy (non-hydrogen) atoms. The predicted octanol–water partition coefficient (Wildman–Crippen LogP) is 4.23. The van der Waals surface area contributed by atoms with Crippen molar-refractivity contribution >= 4 is 5.91 Å². The highest BCUT2D eigenvalue weighted by Crippen LogP contribution is 2.29. The minimum Gasteiger partial charge on any atom is -0.490 e. The van der Waals surface area contributed by atoms with Gasteiger partial charge >= 0.3 is 0 Å². The first-order chi connectivity index (χ1) is 15.5. The van der Waals surface area contributed by atoms with E-state index >= 15 is 0 Å². The van der Waals surface area contributed by atoms with Gasteiger partial charge in [0.1, 0.15) is 12.4 Å². The molecule has 1 atom stereocenters. The number of rotatable bonds is 10. The third-order valence-corrected chi connectivity index (χ3v) is 4.96. The van der Waals surface area contributed by atoms with Crippen molar-refractivity contribution in [2.75, 3.05) is 27.2 Å². The molecule has 3 rings (SSSR count). The molecule has 3 aromatic rings. The summed E-state index contributed by atoms with van der Waals surface area (Å²) in [5.74, 6) is 0.522. The first-order valence-corrected chi connectivity index (χ1v) is 10.5. The predicted molar refractivity (Wildman–Crippen MR) is 121 cm³/mol. The lowest BCUT2D eigenvalue weighted by Crippen LogP contribution is -2.34. The summed E-state index contributed by atoms with van der Waals surface area (Å²) in [7, 11) is 3.79. The quantitative estimate of drug-likeness (QED) is 0.514. The van der Waals surface area contributed by atoms with Crippen molar-refractivity contribution in [2.24, 2.45) is 0 Å². The molecular weight excluding hydrogens is 409 g/mol. The van der Waals surface area contributed by atoms with Crippen LogP contribution in [0.1, 0.15) is 34.5 Å². The molecule has 0 saturated carbocycles. The molecule has 1 unspecified atom stereocenters. The molecule has 1 N–H and O–H groups in total. The number of nitrogens with one attached hydrogen (secondary N) is 1. The zero-order chi connectivity index (χ0) is 22.9. The van der Waals surface area contributed by atoms with Crippen LogP contribution in [0.3, 0.4) is 0 Å². The highest BCUT2D eigenvalue weighted by Gasteiger charge is 2.18. The molecule has 1 aromatic heterocycles. The Hall–Kier alpha value is -3.45. The second kappa shape index (κ2) is 11.2. The highest BCUT2D eigenvalue weighted by molar-refractivity contribution is 5.94. The minimum absolute atomic E-state index is 0.163. The number of aromatic nitrogens is 1. The first kappa shape index (κ1) is 23.2. The van der Waals surface area contributed by atoms with Crippen LogP contribution < -0.4 is 14.8 Å². The van der Waals surface area contributed by atoms with E-state index in [0.717, 1.165) is 11.1 Å². The average Bonchev–Trinajstić information content (AvgIpc) is 2.79. The van der Waals surface area contributed by atoms with Gasteiger partial charge in [0, 0.05) is 24.5 Å². The van der Waals surface area contributed by atoms with E-state index in [1.807, 2.05) is 44.1 Å². The summed E-state index contributed by atoms with van der Waals surface area (Å²) < 4.78 is 25.2. The van der Waals surface area contributed by atoms with Crippen LogP contribution in [0, 0.1) is 5.82 Å². The van der Waals surface area contributed by atoms with E-state index in [2.05, 4.69) is 10.3 Å². The van der Waals surface area contributed by atoms with E-state index in [4.69, 9.17) is 9.47 Å². The molecule has 168 valence electrons. The minimum atomic E-state index is -0.301. The van der Waals surface area contributed by atoms with Gasteiger partial charge in [-0.15, -0.1) is 0 Å². The van der Waals surface area contributed by atoms with Gasteiger partial charge in [-0.2, -0.15) is 0 Å². The fourth-order valence-electron chi connectivity index (χ4n) is 3.28. The first-order valence-electron chi connectivity index (χ1n) is 10.5. The van der Waals surface area contributed by atoms with Crippen molar-refractivity contribution in [3.63, 3.8) is 0 Å². The number of pyridine rings is 1. The lowest BCUT2D eigenvalue weighted by molar-refractivity contribution is 0.0941. The monoisotopic (exact) mass is 437 g/mol. The Morgan fingerprint density at radius 2 is 1.84 bits per heavy atom. The number of amides is 1. The average molecular weight is 438 g/mol. The maximum absolute atomic E-state index is 13.6. The van der Waals surface area contributed by atoms with Crippen LogP contribution in [0.25, 0.3) is 0 Å². The van der Waals surface area contributed by atoms with E-state index in [9.17, 15) is 9.18 Å². The molecule has 1 amide bonds. The molecule has 0 saturated heterocycles. The molecular formula is C25H28FN3O3. The van der Waals surface area contributed by atoms with Gasteiger partial charge in [-0.3, -0.25) is 9.78 Å². The lowest BCUT2D eigenvalue weighted by atomic mass is 10.1. The van der Waals surface area contributed by atoms with E-state index in [0.29, 0.717) is 36.8 Å². The lowest BCUT2D eigenvalue weighted by Gasteiger charge is -2.25. The smallest absolute Gasteiger partial charge is 0.251 e. The molecule has 0 aliphatic heterocycles. The van der Waals surface area contributed by atoms with Crippen molar-refractivity contribution in [3.8, 4) is 11.5 Å². The van der Waals surface area contributed by atoms with Gasteiger partial charge in [-0.1, -0.05) is 12.1 Å². The Morgan fingerprint density at radius 1 is 1.06 bits per heavy atom. The second-order valence-corrected chi connectivity index (χ2v) is 7.48. The normalized spacial score (nSPS) is 11.8. The second-order valence-electron chi connectivity index (χ2n) is 7.48. The molecule has 0 fully saturated rings. The fraction of sp³-hybridized carbons (Fsp3) is 0.280. The molecule has 6 nitrogen and oxygen atoms in total. The summed E-state index contributed by atoms with van der Waals surface area (Å²) in [6, 6.07) is 15.1. The van der Waals surface area contributed by atoms with Gasteiger partial charge in [0.2, 0.25) is 0 Å². The van der Waals surface area contributed by atoms with Crippen LogP contribution in [0.15, 0.2) is 67.0 Å². The number of likely N-dealkylation sites (N-methyl/N-ethyl adjacent to an activating group) is 1. The van der Waals surface area contributed by atoms with Crippen LogP contribution in [0.4, 0.5) is 4.39 Å². The van der Waals surface area contributed by atoms with Crippen molar-refractivity contribution in [1.29, 1.82) is 0 Å². The largest absolute Gasteiger partial charge is 0.490 e. The van der Waals surface area contributed by atoms with Crippen molar-refractivity contribution in [1.82, 2.24) is 15.2 Å². The molecule has 0 radical (unpaired) electrons. The van der Waals surface area contributed by atoms with E-state index in [1.165, 1.54) is 12.1 Å². The maximum Gasteiger partial charge on any atom is 0.251 e. The third kappa shape index (κ3) is 6.28. The van der Waals surface area contributed by atoms with Crippen LogP contribution >= 0.6 is 0 Å². The number of halogens is 1. The molecule has 0 aliphatic rings. The van der Waals surface area contributed by atoms with Gasteiger partial charge < -0.3 is 19.7 Å². The van der Waals surface area contributed by atoms with Crippen LogP contribution in [0.5, 0.6) is 11.5 Å². The number of hydrogen-bond donors (Lipinski definition) is 1. The van der Waals surface area contributed by atoms with E-state index in [1.54, 1.807) is 36.7 Å². The number of hydrogen-bond acceptors (Lipinski definition) is 5. The van der Waals surface area contributed by atoms with E-state index < -0.39 is 0 Å². The molecule has 2 aromatic carbocycles. The maximum atomic E-state index is 13.6. The van der Waals surface area contributed by atoms with Crippen LogP contribution in [-0.4, -0.2) is 43.0 Å². The SMILES string of the molecule is CCOc1cc(C(=O)NCC(c2cccc(F)c2)N(C)C)ccc1OCc1ccncc1. The summed E-state index contributed by atoms with van der Waals surface area (Å²) in [6.45, 7) is 3.02. The Kier molecular flexibility index (Phi) is 8.16. The molecule has 7 heteroatoms. The summed E-state index contributed by atoms with van der Waals surface area (Å²) >= 11 is 0. The van der Waals surface area contributed by atoms with Gasteiger partial charge in [-0.25, -0.2) is 4.39 Å². The zero-order valence-electron chi connectivity index (χ0n) is 18.5. The topological polar surface area (TPSA) is 63.7 Å². The summed E-state index contributed by atoms with van der Waals surface area (Å²) in [5, 5.41) is 2.94. The Labute approximate surface area is 188 Å². The van der Waals surface area contributed by atoms with Crippen LogP contribution in [-0.2, 0) is 6.61 Å². The molecule has 0 aliphatic carbocycles. The van der Waals surface area contributed by atoms with Crippen LogP contribution in [0.2, 0.25) is 0 Å². The summed E-state index contributed by atoms with van der Waals surface area (Å²) in [4.78, 5) is 18.7. The summed E-state index contributed by atoms with van der Waals surface area (Å²) in [6.07, 6.45) is 3.42. The van der Waals surface area contributed by atoms with Gasteiger partial charge in [0.05, 0.1) is 12.6 Å². The Morgan fingerprint density at radius 3 is 2.53 bits per heavy atom. The van der Waals surface area contributed by atoms with Crippen molar-refractivity contribution < 1.29 is 18.7 Å². The zero-order valence-corrected chi connectivity index (χ0v) is 18.5. The number of benzene rings is 2. The Bertz CT molecular complexity index is 1030.